The van der Waals surface area contributed by atoms with Gasteiger partial charge in [0, 0.05) is 0 Å². The molecule has 0 bridgehead atoms. The Morgan fingerprint density at radius 1 is 1.29 bits per heavy atom. The molecular weight excluding hydrogens is 332 g/mol. The summed E-state index contributed by atoms with van der Waals surface area (Å²) in [5, 5.41) is 4.61. The first-order valence-corrected chi connectivity index (χ1v) is 10.5. The van der Waals surface area contributed by atoms with E-state index in [0.717, 1.165) is 31.9 Å². The van der Waals surface area contributed by atoms with Crippen LogP contribution in [0.4, 0.5) is 0 Å². The summed E-state index contributed by atoms with van der Waals surface area (Å²) in [5.74, 6) is -0.601. The summed E-state index contributed by atoms with van der Waals surface area (Å²) >= 11 is 0. The molecule has 9 heteroatoms. The van der Waals surface area contributed by atoms with Gasteiger partial charge in [0.2, 0.25) is 21.8 Å². The largest absolute Gasteiger partial charge is 0.368 e. The molecule has 0 aromatic heterocycles. The van der Waals surface area contributed by atoms with E-state index in [1.165, 1.54) is 10.7 Å². The van der Waals surface area contributed by atoms with E-state index >= 15 is 0 Å². The number of hydrogen-bond acceptors (Lipinski definition) is 4. The van der Waals surface area contributed by atoms with Gasteiger partial charge < -0.3 is 16.4 Å². The van der Waals surface area contributed by atoms with Crippen LogP contribution in [-0.2, 0) is 19.6 Å². The van der Waals surface area contributed by atoms with E-state index in [4.69, 9.17) is 5.73 Å². The van der Waals surface area contributed by atoms with Gasteiger partial charge in [0.15, 0.2) is 6.04 Å². The second kappa shape index (κ2) is 8.26. The van der Waals surface area contributed by atoms with Crippen LogP contribution in [0, 0.1) is 5.92 Å². The molecule has 8 nitrogen and oxygen atoms in total. The minimum Gasteiger partial charge on any atom is -0.368 e. The van der Waals surface area contributed by atoms with Gasteiger partial charge in [-0.25, -0.2) is 8.42 Å². The SMILES string of the molecule is CS(=O)(=O)N1CC[NH2+]C[C@@H]1C(=O)N[C@@H](CC1CCCCC1)C(N)=O. The van der Waals surface area contributed by atoms with Gasteiger partial charge in [-0.05, 0) is 12.3 Å². The number of rotatable bonds is 6. The molecule has 0 radical (unpaired) electrons. The van der Waals surface area contributed by atoms with Gasteiger partial charge in [-0.3, -0.25) is 9.59 Å². The molecule has 1 saturated carbocycles. The number of nitrogens with one attached hydrogen (secondary N) is 1. The molecule has 0 aromatic rings. The third-order valence-electron chi connectivity index (χ3n) is 4.97. The molecule has 138 valence electrons. The number of quaternary nitrogens is 1. The predicted octanol–water partition coefficient (Wildman–Crippen LogP) is -1.87. The minimum absolute atomic E-state index is 0.292. The topological polar surface area (TPSA) is 126 Å². The van der Waals surface area contributed by atoms with E-state index in [2.05, 4.69) is 5.32 Å². The number of piperazine rings is 1. The normalized spacial score (nSPS) is 25.1. The average Bonchev–Trinajstić information content (AvgIpc) is 2.54. The summed E-state index contributed by atoms with van der Waals surface area (Å²) in [6, 6.07) is -1.52. The third-order valence-corrected chi connectivity index (χ3v) is 6.26. The van der Waals surface area contributed by atoms with Crippen LogP contribution in [0.5, 0.6) is 0 Å². The smallest absolute Gasteiger partial charge is 0.244 e. The fourth-order valence-corrected chi connectivity index (χ4v) is 4.75. The summed E-state index contributed by atoms with van der Waals surface area (Å²) in [6.45, 7) is 1.27. The van der Waals surface area contributed by atoms with Crippen LogP contribution in [0.25, 0.3) is 0 Å². The second-order valence-electron chi connectivity index (χ2n) is 6.91. The summed E-state index contributed by atoms with van der Waals surface area (Å²) in [4.78, 5) is 24.3. The zero-order valence-corrected chi connectivity index (χ0v) is 15.1. The predicted molar refractivity (Wildman–Crippen MR) is 89.3 cm³/mol. The lowest BCUT2D eigenvalue weighted by molar-refractivity contribution is -0.664. The van der Waals surface area contributed by atoms with Crippen molar-refractivity contribution in [2.75, 3.05) is 25.9 Å². The maximum atomic E-state index is 12.6. The summed E-state index contributed by atoms with van der Waals surface area (Å²) in [7, 11) is -3.47. The first-order valence-electron chi connectivity index (χ1n) is 8.67. The van der Waals surface area contributed by atoms with Gasteiger partial charge in [0.05, 0.1) is 19.3 Å². The number of nitrogens with two attached hydrogens (primary N) is 2. The Labute approximate surface area is 143 Å². The fraction of sp³-hybridized carbons (Fsp3) is 0.867. The summed E-state index contributed by atoms with van der Waals surface area (Å²) in [5.41, 5.74) is 5.46. The van der Waals surface area contributed by atoms with Crippen molar-refractivity contribution in [2.24, 2.45) is 11.7 Å². The van der Waals surface area contributed by atoms with Crippen LogP contribution in [0.1, 0.15) is 38.5 Å². The summed E-state index contributed by atoms with van der Waals surface area (Å²) < 4.78 is 25.0. The zero-order valence-electron chi connectivity index (χ0n) is 14.2. The Morgan fingerprint density at radius 3 is 2.54 bits per heavy atom. The van der Waals surface area contributed by atoms with Crippen LogP contribution in [0.15, 0.2) is 0 Å². The molecule has 2 atom stereocenters. The van der Waals surface area contributed by atoms with Crippen molar-refractivity contribution in [3.05, 3.63) is 0 Å². The molecule has 0 spiro atoms. The van der Waals surface area contributed by atoms with Gasteiger partial charge in [-0.15, -0.1) is 0 Å². The highest BCUT2D eigenvalue weighted by molar-refractivity contribution is 7.88. The van der Waals surface area contributed by atoms with Gasteiger partial charge >= 0.3 is 0 Å². The number of primary amides is 1. The summed E-state index contributed by atoms with van der Waals surface area (Å²) in [6.07, 6.45) is 7.24. The van der Waals surface area contributed by atoms with E-state index in [0.29, 0.717) is 32.0 Å². The number of amides is 2. The van der Waals surface area contributed by atoms with E-state index in [9.17, 15) is 18.0 Å². The maximum Gasteiger partial charge on any atom is 0.244 e. The highest BCUT2D eigenvalue weighted by Crippen LogP contribution is 2.27. The number of nitrogens with zero attached hydrogens (tertiary/aromatic N) is 1. The Hall–Kier alpha value is -1.19. The van der Waals surface area contributed by atoms with Crippen LogP contribution in [0.2, 0.25) is 0 Å². The van der Waals surface area contributed by atoms with Crippen LogP contribution in [0.3, 0.4) is 0 Å². The van der Waals surface area contributed by atoms with Crippen molar-refractivity contribution in [2.45, 2.75) is 50.6 Å². The zero-order chi connectivity index (χ0) is 17.7. The van der Waals surface area contributed by atoms with Crippen molar-refractivity contribution in [3.63, 3.8) is 0 Å². The Bertz CT molecular complexity index is 560. The molecule has 0 unspecified atom stereocenters. The van der Waals surface area contributed by atoms with Crippen molar-refractivity contribution < 1.29 is 23.3 Å². The molecule has 2 aliphatic rings. The first-order chi connectivity index (χ1) is 11.3. The highest BCUT2D eigenvalue weighted by atomic mass is 32.2. The Kier molecular flexibility index (Phi) is 6.59. The molecule has 24 heavy (non-hydrogen) atoms. The third kappa shape index (κ3) is 5.15. The van der Waals surface area contributed by atoms with Crippen LogP contribution >= 0.6 is 0 Å². The number of carbonyl (C=O) groups is 2. The van der Waals surface area contributed by atoms with Crippen molar-refractivity contribution in [3.8, 4) is 0 Å². The van der Waals surface area contributed by atoms with Crippen LogP contribution in [-0.4, -0.2) is 62.5 Å². The molecule has 1 saturated heterocycles. The van der Waals surface area contributed by atoms with E-state index in [1.807, 2.05) is 5.32 Å². The lowest BCUT2D eigenvalue weighted by Crippen LogP contribution is -2.92. The molecule has 2 rings (SSSR count). The molecule has 5 N–H and O–H groups in total. The highest BCUT2D eigenvalue weighted by Gasteiger charge is 2.38. The van der Waals surface area contributed by atoms with E-state index in [1.54, 1.807) is 0 Å². The van der Waals surface area contributed by atoms with Crippen molar-refractivity contribution in [1.29, 1.82) is 0 Å². The number of carbonyl (C=O) groups excluding carboxylic acids is 2. The van der Waals surface area contributed by atoms with Gasteiger partial charge in [0.25, 0.3) is 0 Å². The average molecular weight is 361 g/mol. The van der Waals surface area contributed by atoms with Gasteiger partial charge in [-0.2, -0.15) is 4.31 Å². The van der Waals surface area contributed by atoms with Crippen LogP contribution < -0.4 is 16.4 Å². The molecule has 2 amide bonds. The van der Waals surface area contributed by atoms with E-state index in [-0.39, 0.29) is 0 Å². The lowest BCUT2D eigenvalue weighted by atomic mass is 9.84. The molecule has 1 aliphatic heterocycles. The lowest BCUT2D eigenvalue weighted by Gasteiger charge is -2.32. The molecular formula is C15H29N4O4S+. The number of hydrogen-bond donors (Lipinski definition) is 3. The van der Waals surface area contributed by atoms with Gasteiger partial charge in [-0.1, -0.05) is 32.1 Å². The van der Waals surface area contributed by atoms with Crippen molar-refractivity contribution >= 4 is 21.8 Å². The second-order valence-corrected chi connectivity index (χ2v) is 8.84. The van der Waals surface area contributed by atoms with Gasteiger partial charge in [0.1, 0.15) is 12.6 Å². The Morgan fingerprint density at radius 2 is 1.96 bits per heavy atom. The monoisotopic (exact) mass is 361 g/mol. The first kappa shape index (κ1) is 19.1. The fourth-order valence-electron chi connectivity index (χ4n) is 3.67. The minimum atomic E-state index is -3.47. The Balaban J connectivity index is 2.01. The quantitative estimate of drug-likeness (QED) is 0.512. The molecule has 1 aliphatic carbocycles. The number of sulfonamides is 1. The standard InChI is InChI=1S/C15H28N4O4S/c1-24(22,23)19-8-7-17-10-13(19)15(21)18-12(14(16)20)9-11-5-3-2-4-6-11/h11-13,17H,2-10H2,1H3,(H2,16,20)(H,18,21)/p+1/t12-,13+/m0/s1. The molecule has 2 fully saturated rings. The maximum absolute atomic E-state index is 12.6. The molecule has 1 heterocycles. The molecule has 0 aromatic carbocycles. The van der Waals surface area contributed by atoms with E-state index < -0.39 is 33.9 Å². The van der Waals surface area contributed by atoms with Crippen molar-refractivity contribution in [1.82, 2.24) is 9.62 Å².